The van der Waals surface area contributed by atoms with Crippen LogP contribution in [0, 0.1) is 0 Å². The summed E-state index contributed by atoms with van der Waals surface area (Å²) in [6.07, 6.45) is 4.08. The maximum absolute atomic E-state index is 6.11. The molecule has 1 fully saturated rings. The van der Waals surface area contributed by atoms with Crippen molar-refractivity contribution in [2.75, 3.05) is 6.61 Å². The molecule has 72 valence electrons. The lowest BCUT2D eigenvalue weighted by Gasteiger charge is -2.43. The molecule has 0 amide bonds. The molecule has 1 nitrogen and oxygen atoms in total. The molecular formula is C9H22OSi2. The molecule has 0 aromatic heterocycles. The largest absolute Gasteiger partial charge is 0.382 e. The third-order valence-corrected chi connectivity index (χ3v) is 12.1. The minimum absolute atomic E-state index is 0.457. The van der Waals surface area contributed by atoms with Crippen molar-refractivity contribution in [2.24, 2.45) is 0 Å². The Kier molecular flexibility index (Phi) is 3.55. The van der Waals surface area contributed by atoms with Gasteiger partial charge < -0.3 is 4.74 Å². The molecule has 1 aliphatic heterocycles. The van der Waals surface area contributed by atoms with Gasteiger partial charge in [-0.05, 0) is 19.3 Å². The van der Waals surface area contributed by atoms with Crippen LogP contribution in [0.5, 0.6) is 0 Å². The molecule has 0 aliphatic carbocycles. The average molecular weight is 202 g/mol. The van der Waals surface area contributed by atoms with E-state index < -0.39 is 17.6 Å². The second-order valence-corrected chi connectivity index (χ2v) is 11.8. The van der Waals surface area contributed by atoms with Crippen LogP contribution in [0.3, 0.4) is 0 Å². The van der Waals surface area contributed by atoms with Gasteiger partial charge in [-0.3, -0.25) is 0 Å². The van der Waals surface area contributed by atoms with Gasteiger partial charge >= 0.3 is 0 Å². The average Bonchev–Trinajstić information content (AvgIpc) is 2.05. The Morgan fingerprint density at radius 3 is 1.83 bits per heavy atom. The van der Waals surface area contributed by atoms with Crippen molar-refractivity contribution >= 4 is 17.6 Å². The molecule has 1 aliphatic rings. The molecule has 0 aromatic carbocycles. The van der Waals surface area contributed by atoms with Gasteiger partial charge in [0, 0.05) is 11.5 Å². The Hall–Kier alpha value is 0.394. The summed E-state index contributed by atoms with van der Waals surface area (Å²) in [5, 5.41) is 0. The maximum atomic E-state index is 6.11. The van der Waals surface area contributed by atoms with Crippen molar-refractivity contribution in [2.45, 2.75) is 50.3 Å². The summed E-state index contributed by atoms with van der Waals surface area (Å²) in [5.74, 6) is 0. The van der Waals surface area contributed by atoms with Crippen molar-refractivity contribution in [1.29, 1.82) is 0 Å². The van der Waals surface area contributed by atoms with Gasteiger partial charge in [-0.25, -0.2) is 0 Å². The number of hydrogen-bond acceptors (Lipinski definition) is 1. The number of ether oxygens (including phenoxy) is 1. The van der Waals surface area contributed by atoms with Gasteiger partial charge in [-0.15, -0.1) is 0 Å². The highest BCUT2D eigenvalue weighted by atomic mass is 28.3. The highest BCUT2D eigenvalue weighted by Gasteiger charge is 2.40. The molecule has 0 saturated carbocycles. The quantitative estimate of drug-likeness (QED) is 0.622. The standard InChI is InChI=1S/C9H22OSi2/c1-11(2)9(12(3)4)7-5-6-8-10-9/h11-12H,5-8H2,1-4H3. The first-order valence-corrected chi connectivity index (χ1v) is 11.0. The van der Waals surface area contributed by atoms with Gasteiger partial charge in [0.05, 0.1) is 17.6 Å². The van der Waals surface area contributed by atoms with E-state index in [1.807, 2.05) is 0 Å². The van der Waals surface area contributed by atoms with Crippen LogP contribution in [0.2, 0.25) is 26.2 Å². The minimum Gasteiger partial charge on any atom is -0.382 e. The monoisotopic (exact) mass is 202 g/mol. The SMILES string of the molecule is C[SiH](C)C1([SiH](C)C)CCCCO1. The van der Waals surface area contributed by atoms with Crippen LogP contribution in [0.25, 0.3) is 0 Å². The zero-order valence-corrected chi connectivity index (χ0v) is 11.2. The van der Waals surface area contributed by atoms with E-state index in [0.717, 1.165) is 6.61 Å². The molecule has 1 saturated heterocycles. The molecule has 0 aromatic rings. The Bertz CT molecular complexity index is 129. The van der Waals surface area contributed by atoms with E-state index in [9.17, 15) is 0 Å². The lowest BCUT2D eigenvalue weighted by molar-refractivity contribution is 0.0288. The minimum atomic E-state index is -0.606. The van der Waals surface area contributed by atoms with Crippen molar-refractivity contribution in [3.63, 3.8) is 0 Å². The Labute approximate surface area is 79.7 Å². The summed E-state index contributed by atoms with van der Waals surface area (Å²) in [7, 11) is -1.21. The molecule has 0 N–H and O–H groups in total. The second kappa shape index (κ2) is 4.07. The lowest BCUT2D eigenvalue weighted by atomic mass is 10.2. The molecule has 1 heterocycles. The molecule has 0 radical (unpaired) electrons. The second-order valence-electron chi connectivity index (χ2n) is 4.57. The van der Waals surface area contributed by atoms with Crippen molar-refractivity contribution in [3.8, 4) is 0 Å². The zero-order valence-electron chi connectivity index (χ0n) is 8.89. The van der Waals surface area contributed by atoms with Gasteiger partial charge in [-0.2, -0.15) is 0 Å². The van der Waals surface area contributed by atoms with Crippen LogP contribution in [0.15, 0.2) is 0 Å². The molecule has 0 spiro atoms. The molecule has 0 bridgehead atoms. The third kappa shape index (κ3) is 1.83. The predicted octanol–water partition coefficient (Wildman–Crippen LogP) is 1.98. The summed E-state index contributed by atoms with van der Waals surface area (Å²) in [6.45, 7) is 10.9. The first-order chi connectivity index (χ1) is 5.59. The maximum Gasteiger partial charge on any atom is 0.0649 e. The predicted molar refractivity (Wildman–Crippen MR) is 60.3 cm³/mol. The number of rotatable bonds is 2. The fraction of sp³-hybridized carbons (Fsp3) is 1.00. The van der Waals surface area contributed by atoms with E-state index in [0.29, 0.717) is 4.85 Å². The van der Waals surface area contributed by atoms with E-state index in [1.54, 1.807) is 0 Å². The first-order valence-electron chi connectivity index (χ1n) is 5.23. The third-order valence-electron chi connectivity index (χ3n) is 3.29. The lowest BCUT2D eigenvalue weighted by Crippen LogP contribution is -2.56. The van der Waals surface area contributed by atoms with Crippen molar-refractivity contribution in [3.05, 3.63) is 0 Å². The molecule has 1 rings (SSSR count). The Morgan fingerprint density at radius 2 is 1.58 bits per heavy atom. The van der Waals surface area contributed by atoms with Gasteiger partial charge in [0.2, 0.25) is 0 Å². The van der Waals surface area contributed by atoms with Gasteiger partial charge in [0.1, 0.15) is 0 Å². The highest BCUT2D eigenvalue weighted by molar-refractivity contribution is 6.80. The molecule has 3 heteroatoms. The topological polar surface area (TPSA) is 9.23 Å². The fourth-order valence-electron chi connectivity index (χ4n) is 2.42. The zero-order chi connectivity index (χ0) is 9.19. The van der Waals surface area contributed by atoms with Crippen molar-refractivity contribution < 1.29 is 4.74 Å². The normalized spacial score (nSPS) is 23.5. The van der Waals surface area contributed by atoms with E-state index in [4.69, 9.17) is 4.74 Å². The molecule has 0 unspecified atom stereocenters. The van der Waals surface area contributed by atoms with Crippen LogP contribution < -0.4 is 0 Å². The summed E-state index contributed by atoms with van der Waals surface area (Å²) >= 11 is 0. The van der Waals surface area contributed by atoms with Crippen molar-refractivity contribution in [1.82, 2.24) is 0 Å². The van der Waals surface area contributed by atoms with Gasteiger partial charge in [0.15, 0.2) is 0 Å². The van der Waals surface area contributed by atoms with Crippen LogP contribution in [0.1, 0.15) is 19.3 Å². The fourth-order valence-corrected chi connectivity index (χ4v) is 10.2. The smallest absolute Gasteiger partial charge is 0.0649 e. The van der Waals surface area contributed by atoms with E-state index in [-0.39, 0.29) is 0 Å². The van der Waals surface area contributed by atoms with Crippen LogP contribution in [0.4, 0.5) is 0 Å². The Balaban J connectivity index is 2.70. The molecular weight excluding hydrogens is 180 g/mol. The summed E-state index contributed by atoms with van der Waals surface area (Å²) < 4.78 is 6.11. The highest BCUT2D eigenvalue weighted by Crippen LogP contribution is 2.30. The van der Waals surface area contributed by atoms with Gasteiger partial charge in [-0.1, -0.05) is 26.2 Å². The first kappa shape index (κ1) is 10.5. The Morgan fingerprint density at radius 1 is 1.00 bits per heavy atom. The summed E-state index contributed by atoms with van der Waals surface area (Å²) in [4.78, 5) is 0.457. The molecule has 12 heavy (non-hydrogen) atoms. The van der Waals surface area contributed by atoms with E-state index in [2.05, 4.69) is 26.2 Å². The summed E-state index contributed by atoms with van der Waals surface area (Å²) in [5.41, 5.74) is 0. The number of hydrogen-bond donors (Lipinski definition) is 0. The van der Waals surface area contributed by atoms with E-state index >= 15 is 0 Å². The van der Waals surface area contributed by atoms with Crippen LogP contribution >= 0.6 is 0 Å². The van der Waals surface area contributed by atoms with Crippen LogP contribution in [-0.4, -0.2) is 29.0 Å². The van der Waals surface area contributed by atoms with Gasteiger partial charge in [0.25, 0.3) is 0 Å². The van der Waals surface area contributed by atoms with Crippen LogP contribution in [-0.2, 0) is 4.74 Å². The summed E-state index contributed by atoms with van der Waals surface area (Å²) in [6, 6.07) is 0. The van der Waals surface area contributed by atoms with E-state index in [1.165, 1.54) is 19.3 Å². The molecule has 0 atom stereocenters.